The summed E-state index contributed by atoms with van der Waals surface area (Å²) in [5, 5.41) is 12.3. The van der Waals surface area contributed by atoms with Crippen LogP contribution in [-0.4, -0.2) is 90.9 Å². The largest absolute Gasteiger partial charge is 0.444 e. The van der Waals surface area contributed by atoms with Crippen molar-refractivity contribution in [2.45, 2.75) is 110 Å². The molecule has 10 heteroatoms. The number of piperazine rings is 1. The van der Waals surface area contributed by atoms with E-state index < -0.39 is 16.6 Å². The smallest absolute Gasteiger partial charge is 0.410 e. The Balaban J connectivity index is 1.34. The zero-order valence-electron chi connectivity index (χ0n) is 28.1. The predicted molar refractivity (Wildman–Crippen MR) is 174 cm³/mol. The van der Waals surface area contributed by atoms with E-state index in [0.29, 0.717) is 38.3 Å². The number of hydrogen-bond acceptors (Lipinski definition) is 6. The first-order valence-corrected chi connectivity index (χ1v) is 16.4. The van der Waals surface area contributed by atoms with E-state index in [4.69, 9.17) is 4.74 Å². The number of nitrogens with zero attached hydrogens (tertiary/aromatic N) is 5. The molecule has 3 amide bonds. The van der Waals surface area contributed by atoms with Gasteiger partial charge in [0.25, 0.3) is 5.56 Å². The fraction of sp³-hybridized carbons (Fsp3) is 0.657. The first-order chi connectivity index (χ1) is 21.0. The number of carbonyl (C=O) groups excluding carboxylic acids is 2. The fourth-order valence-corrected chi connectivity index (χ4v) is 8.01. The molecule has 3 aliphatic rings. The molecule has 3 fully saturated rings. The molecule has 1 N–H and O–H groups in total. The molecule has 3 atom stereocenters. The van der Waals surface area contributed by atoms with Gasteiger partial charge in [-0.05, 0) is 52.4 Å². The number of aromatic nitrogens is 2. The van der Waals surface area contributed by atoms with Crippen molar-refractivity contribution in [1.82, 2.24) is 24.3 Å². The standard InChI is InChI=1S/C35H51N5O5/c1-25-29(32(2,3)4)40(31(43)45-33(5,6)7)20-19-39(25)30(42)37-18-17-35(44,34(22-37)15-11-12-16-34)23-38-24-36-27(21-28(38)41)26-13-9-8-10-14-26/h8-10,13-14,21,24-25,29,44H,11-12,15-20,22-23H2,1-7H3/t25-,29?,35?/m1/s1. The molecule has 1 aromatic heterocycles. The third-order valence-corrected chi connectivity index (χ3v) is 10.1. The lowest BCUT2D eigenvalue weighted by molar-refractivity contribution is -0.137. The number of carbonyl (C=O) groups is 2. The summed E-state index contributed by atoms with van der Waals surface area (Å²) < 4.78 is 7.28. The van der Waals surface area contributed by atoms with Crippen LogP contribution in [0.15, 0.2) is 47.5 Å². The summed E-state index contributed by atoms with van der Waals surface area (Å²) >= 11 is 0. The van der Waals surface area contributed by atoms with Crippen molar-refractivity contribution in [1.29, 1.82) is 0 Å². The zero-order chi connectivity index (χ0) is 32.8. The zero-order valence-corrected chi connectivity index (χ0v) is 28.1. The van der Waals surface area contributed by atoms with Crippen molar-refractivity contribution >= 4 is 12.1 Å². The SMILES string of the molecule is C[C@@H]1C(C(C)(C)C)N(C(=O)OC(C)(C)C)CCN1C(=O)N1CCC(O)(Cn2cnc(-c3ccccc3)cc2=O)C2(CCCC2)C1. The second-order valence-electron chi connectivity index (χ2n) is 15.5. The molecule has 2 unspecified atom stereocenters. The van der Waals surface area contributed by atoms with Gasteiger partial charge in [0.1, 0.15) is 5.60 Å². The average molecular weight is 622 g/mol. The van der Waals surface area contributed by atoms with Crippen molar-refractivity contribution in [3.8, 4) is 11.3 Å². The highest BCUT2D eigenvalue weighted by molar-refractivity contribution is 5.76. The molecule has 0 radical (unpaired) electrons. The molecule has 3 heterocycles. The molecular formula is C35H51N5O5. The molecule has 1 saturated carbocycles. The first-order valence-electron chi connectivity index (χ1n) is 16.4. The number of likely N-dealkylation sites (tertiary alicyclic amines) is 1. The molecule has 2 saturated heterocycles. The van der Waals surface area contributed by atoms with Gasteiger partial charge in [-0.15, -0.1) is 0 Å². The van der Waals surface area contributed by atoms with E-state index in [1.54, 1.807) is 11.2 Å². The maximum atomic E-state index is 14.2. The second kappa shape index (κ2) is 12.1. The van der Waals surface area contributed by atoms with Crippen LogP contribution in [-0.2, 0) is 11.3 Å². The Bertz CT molecular complexity index is 1440. The van der Waals surface area contributed by atoms with Gasteiger partial charge in [0.15, 0.2) is 0 Å². The molecule has 246 valence electrons. The molecule has 2 aliphatic heterocycles. The fourth-order valence-electron chi connectivity index (χ4n) is 8.01. The number of aliphatic hydroxyl groups is 1. The van der Waals surface area contributed by atoms with Crippen molar-refractivity contribution in [3.05, 3.63) is 53.1 Å². The lowest BCUT2D eigenvalue weighted by Crippen LogP contribution is -2.69. The van der Waals surface area contributed by atoms with Gasteiger partial charge < -0.3 is 24.5 Å². The Morgan fingerprint density at radius 2 is 1.62 bits per heavy atom. The Morgan fingerprint density at radius 3 is 2.22 bits per heavy atom. The molecule has 1 aliphatic carbocycles. The Morgan fingerprint density at radius 1 is 0.978 bits per heavy atom. The van der Waals surface area contributed by atoms with Crippen molar-refractivity contribution < 1.29 is 19.4 Å². The monoisotopic (exact) mass is 621 g/mol. The van der Waals surface area contributed by atoms with Gasteiger partial charge >= 0.3 is 12.1 Å². The van der Waals surface area contributed by atoms with Crippen LogP contribution in [0.25, 0.3) is 11.3 Å². The minimum Gasteiger partial charge on any atom is -0.444 e. The van der Waals surface area contributed by atoms with Crippen LogP contribution in [0.2, 0.25) is 0 Å². The number of urea groups is 1. The number of benzene rings is 1. The summed E-state index contributed by atoms with van der Waals surface area (Å²) in [5.74, 6) is 0. The van der Waals surface area contributed by atoms with E-state index in [9.17, 15) is 19.5 Å². The van der Waals surface area contributed by atoms with E-state index in [1.807, 2.05) is 67.8 Å². The van der Waals surface area contributed by atoms with Crippen LogP contribution in [0.3, 0.4) is 0 Å². The van der Waals surface area contributed by atoms with Crippen LogP contribution in [0.1, 0.15) is 80.6 Å². The Hall–Kier alpha value is -3.40. The van der Waals surface area contributed by atoms with Crippen LogP contribution < -0.4 is 5.56 Å². The highest BCUT2D eigenvalue weighted by Gasteiger charge is 2.56. The topological polar surface area (TPSA) is 108 Å². The molecule has 0 bridgehead atoms. The van der Waals surface area contributed by atoms with E-state index in [0.717, 1.165) is 31.2 Å². The maximum Gasteiger partial charge on any atom is 0.410 e. The van der Waals surface area contributed by atoms with Crippen LogP contribution in [0, 0.1) is 10.8 Å². The van der Waals surface area contributed by atoms with Crippen LogP contribution in [0.5, 0.6) is 0 Å². The minimum absolute atomic E-state index is 0.0556. The van der Waals surface area contributed by atoms with Crippen molar-refractivity contribution in [3.63, 3.8) is 0 Å². The van der Waals surface area contributed by atoms with Gasteiger partial charge in [0.05, 0.1) is 36.3 Å². The molecule has 45 heavy (non-hydrogen) atoms. The van der Waals surface area contributed by atoms with E-state index >= 15 is 0 Å². The van der Waals surface area contributed by atoms with Gasteiger partial charge in [-0.25, -0.2) is 14.6 Å². The summed E-state index contributed by atoms with van der Waals surface area (Å²) in [6.45, 7) is 15.7. The highest BCUT2D eigenvalue weighted by Crippen LogP contribution is 2.52. The quantitative estimate of drug-likeness (QED) is 0.493. The number of piperidine rings is 1. The summed E-state index contributed by atoms with van der Waals surface area (Å²) in [6.07, 6.45) is 5.11. The molecule has 1 spiro atoms. The van der Waals surface area contributed by atoms with Crippen LogP contribution in [0.4, 0.5) is 9.59 Å². The van der Waals surface area contributed by atoms with Crippen LogP contribution >= 0.6 is 0 Å². The summed E-state index contributed by atoms with van der Waals surface area (Å²) in [4.78, 5) is 50.8. The van der Waals surface area contributed by atoms with Gasteiger partial charge in [-0.3, -0.25) is 9.36 Å². The summed E-state index contributed by atoms with van der Waals surface area (Å²) in [6, 6.07) is 10.6. The predicted octanol–water partition coefficient (Wildman–Crippen LogP) is 5.38. The lowest BCUT2D eigenvalue weighted by Gasteiger charge is -2.55. The van der Waals surface area contributed by atoms with Gasteiger partial charge in [-0.2, -0.15) is 0 Å². The molecule has 10 nitrogen and oxygen atoms in total. The number of ether oxygens (including phenoxy) is 1. The van der Waals surface area contributed by atoms with E-state index in [1.165, 1.54) is 10.6 Å². The molecule has 1 aromatic carbocycles. The molecule has 2 aromatic rings. The second-order valence-corrected chi connectivity index (χ2v) is 15.5. The van der Waals surface area contributed by atoms with E-state index in [-0.39, 0.29) is 41.7 Å². The normalized spacial score (nSPS) is 25.5. The maximum absolute atomic E-state index is 14.2. The molecule has 5 rings (SSSR count). The summed E-state index contributed by atoms with van der Waals surface area (Å²) in [5.41, 5.74) is -1.28. The first kappa shape index (κ1) is 33.0. The number of rotatable bonds is 3. The molecular weight excluding hydrogens is 570 g/mol. The number of amides is 3. The third kappa shape index (κ3) is 6.62. The van der Waals surface area contributed by atoms with Gasteiger partial charge in [-0.1, -0.05) is 63.9 Å². The van der Waals surface area contributed by atoms with Gasteiger partial charge in [0.2, 0.25) is 0 Å². The Kier molecular flexibility index (Phi) is 8.85. The number of hydrogen-bond donors (Lipinski definition) is 1. The summed E-state index contributed by atoms with van der Waals surface area (Å²) in [7, 11) is 0. The third-order valence-electron chi connectivity index (χ3n) is 10.1. The minimum atomic E-state index is -1.14. The average Bonchev–Trinajstić information content (AvgIpc) is 3.44. The Labute approximate surface area is 267 Å². The van der Waals surface area contributed by atoms with Gasteiger partial charge in [0, 0.05) is 43.2 Å². The van der Waals surface area contributed by atoms with Crippen molar-refractivity contribution in [2.24, 2.45) is 10.8 Å². The van der Waals surface area contributed by atoms with Crippen molar-refractivity contribution in [2.75, 3.05) is 26.2 Å². The highest BCUT2D eigenvalue weighted by atomic mass is 16.6. The van der Waals surface area contributed by atoms with E-state index in [2.05, 4.69) is 25.8 Å². The lowest BCUT2D eigenvalue weighted by atomic mass is 9.66.